The van der Waals surface area contributed by atoms with Crippen molar-refractivity contribution in [3.8, 4) is 0 Å². The number of imidazole rings is 1. The number of hydrogen-bond donors (Lipinski definition) is 0. The summed E-state index contributed by atoms with van der Waals surface area (Å²) >= 11 is 1.67. The van der Waals surface area contributed by atoms with E-state index in [1.807, 2.05) is 24.5 Å². The van der Waals surface area contributed by atoms with Gasteiger partial charge in [-0.25, -0.2) is 15.0 Å². The molecule has 5 rings (SSSR count). The van der Waals surface area contributed by atoms with Crippen molar-refractivity contribution in [3.63, 3.8) is 0 Å². The lowest BCUT2D eigenvalue weighted by molar-refractivity contribution is 0.474. The van der Waals surface area contributed by atoms with Gasteiger partial charge in [0.05, 0.1) is 17.6 Å². The molecule has 0 amide bonds. The lowest BCUT2D eigenvalue weighted by atomic mass is 9.97. The van der Waals surface area contributed by atoms with Crippen molar-refractivity contribution in [1.29, 1.82) is 0 Å². The summed E-state index contributed by atoms with van der Waals surface area (Å²) in [7, 11) is 0. The van der Waals surface area contributed by atoms with Crippen LogP contribution in [0.1, 0.15) is 30.3 Å². The van der Waals surface area contributed by atoms with E-state index in [9.17, 15) is 0 Å². The number of nitrogens with zero attached hydrogens (tertiary/aromatic N) is 6. The van der Waals surface area contributed by atoms with Gasteiger partial charge < -0.3 is 9.47 Å². The van der Waals surface area contributed by atoms with Crippen LogP contribution >= 0.6 is 11.3 Å². The van der Waals surface area contributed by atoms with Crippen LogP contribution in [0.15, 0.2) is 54.6 Å². The van der Waals surface area contributed by atoms with Crippen LogP contribution in [0.3, 0.4) is 0 Å². The number of thiophene rings is 1. The molecule has 136 valence electrons. The maximum atomic E-state index is 4.69. The first-order valence-electron chi connectivity index (χ1n) is 9.22. The van der Waals surface area contributed by atoms with Crippen molar-refractivity contribution >= 4 is 27.4 Å². The maximum Gasteiger partial charge on any atom is 0.140 e. The molecular weight excluding hydrogens is 356 g/mol. The standard InChI is InChI=1S/C20H20N6S/c1-2-7-21-16(5-1)13-26-10-8-22-18(26)15-4-3-9-25(12-15)19-17-6-11-27-20(17)24-14-23-19/h1-2,5-8,10-11,14-15H,3-4,9,12-13H2. The summed E-state index contributed by atoms with van der Waals surface area (Å²) in [6, 6.07) is 8.17. The lowest BCUT2D eigenvalue weighted by Gasteiger charge is -2.33. The molecule has 1 atom stereocenters. The monoisotopic (exact) mass is 376 g/mol. The maximum absolute atomic E-state index is 4.69. The molecule has 0 radical (unpaired) electrons. The van der Waals surface area contributed by atoms with E-state index in [2.05, 4.69) is 48.1 Å². The second kappa shape index (κ2) is 7.08. The van der Waals surface area contributed by atoms with E-state index >= 15 is 0 Å². The number of pyridine rings is 1. The predicted octanol–water partition coefficient (Wildman–Crippen LogP) is 3.72. The van der Waals surface area contributed by atoms with E-state index in [4.69, 9.17) is 4.98 Å². The zero-order valence-electron chi connectivity index (χ0n) is 14.9. The van der Waals surface area contributed by atoms with Crippen LogP contribution in [0, 0.1) is 0 Å². The van der Waals surface area contributed by atoms with E-state index in [0.29, 0.717) is 5.92 Å². The number of aromatic nitrogens is 5. The third-order valence-electron chi connectivity index (χ3n) is 5.13. The van der Waals surface area contributed by atoms with Crippen molar-refractivity contribution < 1.29 is 0 Å². The van der Waals surface area contributed by atoms with E-state index in [1.165, 1.54) is 0 Å². The highest BCUT2D eigenvalue weighted by Gasteiger charge is 2.26. The van der Waals surface area contributed by atoms with Gasteiger partial charge in [-0.2, -0.15) is 0 Å². The summed E-state index contributed by atoms with van der Waals surface area (Å²) in [4.78, 5) is 21.6. The van der Waals surface area contributed by atoms with E-state index in [0.717, 1.165) is 60.0 Å². The molecule has 4 aromatic heterocycles. The molecule has 1 saturated heterocycles. The van der Waals surface area contributed by atoms with Crippen molar-refractivity contribution in [2.75, 3.05) is 18.0 Å². The van der Waals surface area contributed by atoms with Gasteiger partial charge in [0.15, 0.2) is 0 Å². The van der Waals surface area contributed by atoms with Crippen LogP contribution in [-0.2, 0) is 6.54 Å². The highest BCUT2D eigenvalue weighted by atomic mass is 32.1. The molecule has 0 bridgehead atoms. The summed E-state index contributed by atoms with van der Waals surface area (Å²) < 4.78 is 2.23. The fraction of sp³-hybridized carbons (Fsp3) is 0.300. The molecule has 1 aliphatic heterocycles. The number of hydrogen-bond acceptors (Lipinski definition) is 6. The van der Waals surface area contributed by atoms with Crippen molar-refractivity contribution in [3.05, 3.63) is 66.1 Å². The molecule has 0 spiro atoms. The second-order valence-corrected chi connectivity index (χ2v) is 7.75. The van der Waals surface area contributed by atoms with E-state index in [-0.39, 0.29) is 0 Å². The summed E-state index contributed by atoms with van der Waals surface area (Å²) in [6.07, 6.45) is 9.77. The quantitative estimate of drug-likeness (QED) is 0.543. The van der Waals surface area contributed by atoms with E-state index in [1.54, 1.807) is 17.7 Å². The molecule has 0 aromatic carbocycles. The molecule has 27 heavy (non-hydrogen) atoms. The molecule has 0 aliphatic carbocycles. The van der Waals surface area contributed by atoms with Gasteiger partial charge in [0.1, 0.15) is 22.8 Å². The van der Waals surface area contributed by atoms with Crippen molar-refractivity contribution in [1.82, 2.24) is 24.5 Å². The highest BCUT2D eigenvalue weighted by Crippen LogP contribution is 2.32. The number of piperidine rings is 1. The molecule has 0 saturated carbocycles. The SMILES string of the molecule is c1ccc(Cn2ccnc2C2CCCN(c3ncnc4sccc34)C2)nc1. The van der Waals surface area contributed by atoms with Gasteiger partial charge in [0.25, 0.3) is 0 Å². The van der Waals surface area contributed by atoms with Gasteiger partial charge in [0.2, 0.25) is 0 Å². The fourth-order valence-corrected chi connectivity index (χ4v) is 4.62. The smallest absolute Gasteiger partial charge is 0.140 e. The molecule has 0 N–H and O–H groups in total. The van der Waals surface area contributed by atoms with Crippen LogP contribution < -0.4 is 4.90 Å². The summed E-state index contributed by atoms with van der Waals surface area (Å²) in [6.45, 7) is 2.72. The van der Waals surface area contributed by atoms with Crippen LogP contribution in [0.2, 0.25) is 0 Å². The Morgan fingerprint density at radius 3 is 3.00 bits per heavy atom. The molecule has 6 nitrogen and oxygen atoms in total. The third kappa shape index (κ3) is 3.19. The Kier molecular flexibility index (Phi) is 4.29. The zero-order chi connectivity index (χ0) is 18.1. The largest absolute Gasteiger partial charge is 0.355 e. The van der Waals surface area contributed by atoms with Crippen LogP contribution in [0.4, 0.5) is 5.82 Å². The van der Waals surface area contributed by atoms with Gasteiger partial charge in [-0.15, -0.1) is 11.3 Å². The fourth-order valence-electron chi connectivity index (χ4n) is 3.89. The van der Waals surface area contributed by atoms with Gasteiger partial charge in [-0.3, -0.25) is 4.98 Å². The second-order valence-electron chi connectivity index (χ2n) is 6.86. The number of rotatable bonds is 4. The molecular formula is C20H20N6S. The van der Waals surface area contributed by atoms with Crippen molar-refractivity contribution in [2.45, 2.75) is 25.3 Å². The third-order valence-corrected chi connectivity index (χ3v) is 5.95. The van der Waals surface area contributed by atoms with Gasteiger partial charge in [-0.1, -0.05) is 6.07 Å². The minimum absolute atomic E-state index is 0.390. The Balaban J connectivity index is 1.41. The van der Waals surface area contributed by atoms with Crippen LogP contribution in [0.5, 0.6) is 0 Å². The lowest BCUT2D eigenvalue weighted by Crippen LogP contribution is -2.36. The Bertz CT molecular complexity index is 1040. The van der Waals surface area contributed by atoms with Crippen LogP contribution in [0.25, 0.3) is 10.2 Å². The average molecular weight is 376 g/mol. The average Bonchev–Trinajstić information content (AvgIpc) is 3.38. The predicted molar refractivity (Wildman–Crippen MR) is 107 cm³/mol. The van der Waals surface area contributed by atoms with Gasteiger partial charge in [-0.05, 0) is 36.4 Å². The van der Waals surface area contributed by atoms with E-state index < -0.39 is 0 Å². The zero-order valence-corrected chi connectivity index (χ0v) is 15.7. The number of anilines is 1. The Labute approximate surface area is 161 Å². The first-order valence-corrected chi connectivity index (χ1v) is 10.1. The first-order chi connectivity index (χ1) is 13.4. The molecule has 1 unspecified atom stereocenters. The summed E-state index contributed by atoms with van der Waals surface area (Å²) in [5.41, 5.74) is 1.06. The van der Waals surface area contributed by atoms with Crippen molar-refractivity contribution in [2.24, 2.45) is 0 Å². The molecule has 7 heteroatoms. The summed E-state index contributed by atoms with van der Waals surface area (Å²) in [5, 5.41) is 3.24. The van der Waals surface area contributed by atoms with Gasteiger partial charge in [0, 0.05) is 37.6 Å². The highest BCUT2D eigenvalue weighted by molar-refractivity contribution is 7.16. The van der Waals surface area contributed by atoms with Crippen LogP contribution in [-0.4, -0.2) is 37.6 Å². The first kappa shape index (κ1) is 16.4. The summed E-state index contributed by atoms with van der Waals surface area (Å²) in [5.74, 6) is 2.58. The molecule has 1 fully saturated rings. The normalized spacial score (nSPS) is 17.5. The Morgan fingerprint density at radius 1 is 1.07 bits per heavy atom. The van der Waals surface area contributed by atoms with Gasteiger partial charge >= 0.3 is 0 Å². The topological polar surface area (TPSA) is 59.7 Å². The Hall–Kier alpha value is -2.80. The molecule has 5 heterocycles. The minimum Gasteiger partial charge on any atom is -0.355 e. The number of fused-ring (bicyclic) bond motifs is 1. The molecule has 4 aromatic rings. The minimum atomic E-state index is 0.390. The Morgan fingerprint density at radius 2 is 2.07 bits per heavy atom. The molecule has 1 aliphatic rings.